The standard InChI is InChI=1S/C11H20O2/c1-3-4-5-6-7-8-9-10-11(12)13-2/h8-9H,3-7,10H2,1-2H3. The molecule has 0 N–H and O–H groups in total. The summed E-state index contributed by atoms with van der Waals surface area (Å²) in [5.41, 5.74) is 0. The number of hydrogen-bond acceptors (Lipinski definition) is 2. The van der Waals surface area contributed by atoms with Gasteiger partial charge in [0.1, 0.15) is 0 Å². The molecule has 0 aromatic rings. The maximum Gasteiger partial charge on any atom is 0.309 e. The minimum absolute atomic E-state index is 0.162. The van der Waals surface area contributed by atoms with Crippen LogP contribution in [0.2, 0.25) is 0 Å². The summed E-state index contributed by atoms with van der Waals surface area (Å²) in [4.78, 5) is 10.7. The van der Waals surface area contributed by atoms with Crippen molar-refractivity contribution in [3.05, 3.63) is 12.2 Å². The molecular formula is C11H20O2. The first-order chi connectivity index (χ1) is 6.31. The third-order valence-corrected chi connectivity index (χ3v) is 1.90. The normalized spacial score (nSPS) is 10.6. The molecule has 2 heteroatoms. The summed E-state index contributed by atoms with van der Waals surface area (Å²) in [7, 11) is 1.41. The Morgan fingerprint density at radius 3 is 2.62 bits per heavy atom. The zero-order chi connectivity index (χ0) is 9.94. The molecule has 0 bridgehead atoms. The number of esters is 1. The van der Waals surface area contributed by atoms with Crippen molar-refractivity contribution in [1.29, 1.82) is 0 Å². The monoisotopic (exact) mass is 184 g/mol. The van der Waals surface area contributed by atoms with Crippen LogP contribution in [0, 0.1) is 0 Å². The van der Waals surface area contributed by atoms with E-state index in [4.69, 9.17) is 0 Å². The Morgan fingerprint density at radius 1 is 1.23 bits per heavy atom. The van der Waals surface area contributed by atoms with Crippen LogP contribution >= 0.6 is 0 Å². The molecule has 0 aliphatic heterocycles. The molecule has 0 spiro atoms. The smallest absolute Gasteiger partial charge is 0.309 e. The molecule has 0 fully saturated rings. The van der Waals surface area contributed by atoms with Crippen LogP contribution in [0.3, 0.4) is 0 Å². The summed E-state index contributed by atoms with van der Waals surface area (Å²) in [5, 5.41) is 0. The third kappa shape index (κ3) is 9.12. The Bertz CT molecular complexity index is 150. The fourth-order valence-corrected chi connectivity index (χ4v) is 1.07. The summed E-state index contributed by atoms with van der Waals surface area (Å²) in [6.45, 7) is 2.20. The second kappa shape index (κ2) is 9.30. The van der Waals surface area contributed by atoms with E-state index in [0.29, 0.717) is 6.42 Å². The summed E-state index contributed by atoms with van der Waals surface area (Å²) in [6, 6.07) is 0. The minimum Gasteiger partial charge on any atom is -0.469 e. The predicted octanol–water partition coefficient (Wildman–Crippen LogP) is 3.08. The topological polar surface area (TPSA) is 26.3 Å². The highest BCUT2D eigenvalue weighted by Crippen LogP contribution is 2.03. The average molecular weight is 184 g/mol. The lowest BCUT2D eigenvalue weighted by Gasteiger charge is -1.94. The van der Waals surface area contributed by atoms with Crippen molar-refractivity contribution in [2.75, 3.05) is 7.11 Å². The van der Waals surface area contributed by atoms with Crippen molar-refractivity contribution in [2.45, 2.75) is 45.4 Å². The van der Waals surface area contributed by atoms with E-state index in [-0.39, 0.29) is 5.97 Å². The number of allylic oxidation sites excluding steroid dienone is 1. The fraction of sp³-hybridized carbons (Fsp3) is 0.727. The van der Waals surface area contributed by atoms with Gasteiger partial charge in [-0.1, -0.05) is 38.3 Å². The van der Waals surface area contributed by atoms with Crippen LogP contribution in [0.5, 0.6) is 0 Å². The van der Waals surface area contributed by atoms with Gasteiger partial charge in [-0.3, -0.25) is 4.79 Å². The SMILES string of the molecule is CCCCCCC=CCC(=O)OC. The average Bonchev–Trinajstić information content (AvgIpc) is 2.16. The molecule has 0 unspecified atom stereocenters. The Morgan fingerprint density at radius 2 is 2.00 bits per heavy atom. The Labute approximate surface area is 81.0 Å². The van der Waals surface area contributed by atoms with E-state index in [1.165, 1.54) is 32.8 Å². The van der Waals surface area contributed by atoms with E-state index < -0.39 is 0 Å². The van der Waals surface area contributed by atoms with Crippen LogP contribution in [0.4, 0.5) is 0 Å². The Balaban J connectivity index is 3.17. The molecule has 0 heterocycles. The van der Waals surface area contributed by atoms with Gasteiger partial charge in [-0.15, -0.1) is 0 Å². The first-order valence-corrected chi connectivity index (χ1v) is 5.03. The number of carbonyl (C=O) groups excluding carboxylic acids is 1. The molecule has 0 radical (unpaired) electrons. The molecule has 76 valence electrons. The second-order valence-corrected chi connectivity index (χ2v) is 3.10. The lowest BCUT2D eigenvalue weighted by atomic mass is 10.1. The van der Waals surface area contributed by atoms with E-state index in [9.17, 15) is 4.79 Å². The molecule has 2 nitrogen and oxygen atoms in total. The number of hydrogen-bond donors (Lipinski definition) is 0. The maximum atomic E-state index is 10.7. The summed E-state index contributed by atoms with van der Waals surface area (Å²) in [6.07, 6.45) is 10.5. The van der Waals surface area contributed by atoms with Crippen molar-refractivity contribution >= 4 is 5.97 Å². The molecule has 0 saturated carbocycles. The number of ether oxygens (including phenoxy) is 1. The molecule has 0 aliphatic rings. The highest BCUT2D eigenvalue weighted by Gasteiger charge is 1.92. The van der Waals surface area contributed by atoms with Crippen molar-refractivity contribution < 1.29 is 9.53 Å². The Kier molecular flexibility index (Phi) is 8.73. The molecule has 0 saturated heterocycles. The van der Waals surface area contributed by atoms with Crippen molar-refractivity contribution in [2.24, 2.45) is 0 Å². The first kappa shape index (κ1) is 12.2. The number of carbonyl (C=O) groups is 1. The summed E-state index contributed by atoms with van der Waals surface area (Å²) >= 11 is 0. The van der Waals surface area contributed by atoms with Crippen LogP contribution in [0.25, 0.3) is 0 Å². The number of rotatable bonds is 7. The second-order valence-electron chi connectivity index (χ2n) is 3.10. The van der Waals surface area contributed by atoms with Crippen LogP contribution < -0.4 is 0 Å². The largest absolute Gasteiger partial charge is 0.469 e. The van der Waals surface area contributed by atoms with Crippen LogP contribution in [0.15, 0.2) is 12.2 Å². The fourth-order valence-electron chi connectivity index (χ4n) is 1.07. The highest BCUT2D eigenvalue weighted by atomic mass is 16.5. The molecule has 0 rings (SSSR count). The van der Waals surface area contributed by atoms with Gasteiger partial charge >= 0.3 is 5.97 Å². The minimum atomic E-state index is -0.162. The van der Waals surface area contributed by atoms with E-state index in [2.05, 4.69) is 17.7 Å². The molecule has 0 atom stereocenters. The van der Waals surface area contributed by atoms with Gasteiger partial charge in [-0.2, -0.15) is 0 Å². The Hall–Kier alpha value is -0.790. The zero-order valence-electron chi connectivity index (χ0n) is 8.71. The van der Waals surface area contributed by atoms with Crippen molar-refractivity contribution in [3.63, 3.8) is 0 Å². The molecule has 13 heavy (non-hydrogen) atoms. The van der Waals surface area contributed by atoms with E-state index in [1.54, 1.807) is 0 Å². The first-order valence-electron chi connectivity index (χ1n) is 5.03. The van der Waals surface area contributed by atoms with Crippen molar-refractivity contribution in [3.8, 4) is 0 Å². The number of methoxy groups -OCH3 is 1. The summed E-state index contributed by atoms with van der Waals surface area (Å²) < 4.78 is 4.51. The van der Waals surface area contributed by atoms with Crippen LogP contribution in [0.1, 0.15) is 45.4 Å². The van der Waals surface area contributed by atoms with Gasteiger partial charge in [0.05, 0.1) is 13.5 Å². The third-order valence-electron chi connectivity index (χ3n) is 1.90. The maximum absolute atomic E-state index is 10.7. The molecular weight excluding hydrogens is 164 g/mol. The predicted molar refractivity (Wildman–Crippen MR) is 54.5 cm³/mol. The quantitative estimate of drug-likeness (QED) is 0.345. The molecule has 0 aromatic heterocycles. The number of unbranched alkanes of at least 4 members (excludes halogenated alkanes) is 4. The molecule has 0 amide bonds. The van der Waals surface area contributed by atoms with Gasteiger partial charge in [-0.05, 0) is 12.8 Å². The van der Waals surface area contributed by atoms with E-state index in [0.717, 1.165) is 6.42 Å². The highest BCUT2D eigenvalue weighted by molar-refractivity contribution is 5.70. The van der Waals surface area contributed by atoms with Gasteiger partial charge in [-0.25, -0.2) is 0 Å². The lowest BCUT2D eigenvalue weighted by molar-refractivity contribution is -0.139. The van der Waals surface area contributed by atoms with Crippen LogP contribution in [-0.4, -0.2) is 13.1 Å². The summed E-state index contributed by atoms with van der Waals surface area (Å²) in [5.74, 6) is -0.162. The molecule has 0 aromatic carbocycles. The van der Waals surface area contributed by atoms with Crippen LogP contribution in [-0.2, 0) is 9.53 Å². The van der Waals surface area contributed by atoms with Gasteiger partial charge in [0, 0.05) is 0 Å². The van der Waals surface area contributed by atoms with Gasteiger partial charge in [0.2, 0.25) is 0 Å². The van der Waals surface area contributed by atoms with Gasteiger partial charge in [0.15, 0.2) is 0 Å². The lowest BCUT2D eigenvalue weighted by Crippen LogP contribution is -1.96. The van der Waals surface area contributed by atoms with E-state index in [1.807, 2.05) is 6.08 Å². The zero-order valence-corrected chi connectivity index (χ0v) is 8.71. The van der Waals surface area contributed by atoms with Crippen molar-refractivity contribution in [1.82, 2.24) is 0 Å². The van der Waals surface area contributed by atoms with Gasteiger partial charge < -0.3 is 4.74 Å². The van der Waals surface area contributed by atoms with E-state index >= 15 is 0 Å². The molecule has 0 aliphatic carbocycles. The van der Waals surface area contributed by atoms with Gasteiger partial charge in [0.25, 0.3) is 0 Å².